The number of aliphatic hydroxyl groups excluding tert-OH is 1. The molecule has 0 amide bonds. The van der Waals surface area contributed by atoms with Crippen LogP contribution in [0.5, 0.6) is 0 Å². The van der Waals surface area contributed by atoms with Crippen molar-refractivity contribution in [1.29, 1.82) is 0 Å². The summed E-state index contributed by atoms with van der Waals surface area (Å²) in [4.78, 5) is 48.5. The number of rotatable bonds is 53. The topological polar surface area (TPSA) is 155 Å². The first-order chi connectivity index (χ1) is 34.2. The summed E-state index contributed by atoms with van der Waals surface area (Å²) < 4.78 is 39.5. The molecule has 3 atom stereocenters. The zero-order valence-electron chi connectivity index (χ0n) is 45.0. The molecule has 0 saturated heterocycles. The summed E-state index contributed by atoms with van der Waals surface area (Å²) in [6, 6.07) is 0. The Balaban J connectivity index is 4.73. The van der Waals surface area contributed by atoms with Crippen molar-refractivity contribution in [2.24, 2.45) is 0 Å². The van der Waals surface area contributed by atoms with Gasteiger partial charge < -0.3 is 24.2 Å². The van der Waals surface area contributed by atoms with Gasteiger partial charge in [-0.15, -0.1) is 0 Å². The first-order valence-electron chi connectivity index (χ1n) is 28.5. The van der Waals surface area contributed by atoms with Crippen LogP contribution in [0.4, 0.5) is 0 Å². The van der Waals surface area contributed by atoms with E-state index in [9.17, 15) is 28.9 Å². The predicted molar refractivity (Wildman–Crippen MR) is 289 cm³/mol. The van der Waals surface area contributed by atoms with Gasteiger partial charge in [-0.25, -0.2) is 4.57 Å². The lowest BCUT2D eigenvalue weighted by atomic mass is 10.0. The number of aliphatic hydroxyl groups is 1. The van der Waals surface area contributed by atoms with E-state index < -0.39 is 57.8 Å². The smallest absolute Gasteiger partial charge is 0.462 e. The van der Waals surface area contributed by atoms with Crippen molar-refractivity contribution < 1.29 is 52.2 Å². The Morgan fingerprint density at radius 3 is 1.09 bits per heavy atom. The highest BCUT2D eigenvalue weighted by atomic mass is 31.2. The highest BCUT2D eigenvalue weighted by Gasteiger charge is 2.28. The van der Waals surface area contributed by atoms with Crippen LogP contribution in [0.3, 0.4) is 0 Å². The monoisotopic (exact) mass is 1010 g/mol. The van der Waals surface area contributed by atoms with E-state index in [1.807, 2.05) is 0 Å². The van der Waals surface area contributed by atoms with Crippen LogP contribution in [0, 0.1) is 0 Å². The summed E-state index contributed by atoms with van der Waals surface area (Å²) in [7, 11) is -4.75. The van der Waals surface area contributed by atoms with Crippen LogP contribution in [-0.2, 0) is 42.2 Å². The number of phosphoric acid groups is 1. The molecule has 0 rings (SSSR count). The number of hydrogen-bond donors (Lipinski definition) is 2. The lowest BCUT2D eigenvalue weighted by molar-refractivity contribution is -0.161. The minimum absolute atomic E-state index is 0.153. The molecule has 0 aromatic carbocycles. The molecule has 0 aliphatic rings. The molecule has 3 unspecified atom stereocenters. The van der Waals surface area contributed by atoms with E-state index in [0.717, 1.165) is 109 Å². The number of hydrogen-bond acceptors (Lipinski definition) is 10. The van der Waals surface area contributed by atoms with Crippen molar-refractivity contribution in [2.45, 2.75) is 277 Å². The molecule has 0 aromatic rings. The summed E-state index contributed by atoms with van der Waals surface area (Å²) in [5.74, 6) is -1.48. The van der Waals surface area contributed by atoms with E-state index in [0.29, 0.717) is 19.3 Å². The Hall–Kier alpha value is -2.56. The molecule has 0 spiro atoms. The summed E-state index contributed by atoms with van der Waals surface area (Å²) in [6.45, 7) is 4.58. The number of allylic oxidation sites excluding steroid dienone is 8. The van der Waals surface area contributed by atoms with Crippen molar-refractivity contribution >= 4 is 25.7 Å². The zero-order chi connectivity index (χ0) is 51.3. The Bertz CT molecular complexity index is 1360. The summed E-state index contributed by atoms with van der Waals surface area (Å²) in [6.07, 6.45) is 54.9. The first kappa shape index (κ1) is 67.4. The van der Waals surface area contributed by atoms with E-state index >= 15 is 0 Å². The second-order valence-electron chi connectivity index (χ2n) is 19.1. The summed E-state index contributed by atoms with van der Waals surface area (Å²) in [5, 5.41) is 9.80. The van der Waals surface area contributed by atoms with Crippen LogP contribution in [0.2, 0.25) is 0 Å². The molecule has 408 valence electrons. The van der Waals surface area contributed by atoms with Crippen molar-refractivity contribution in [3.8, 4) is 0 Å². The average molecular weight is 1010 g/mol. The highest BCUT2D eigenvalue weighted by molar-refractivity contribution is 7.47. The van der Waals surface area contributed by atoms with Crippen molar-refractivity contribution in [2.75, 3.05) is 26.4 Å². The predicted octanol–water partition coefficient (Wildman–Crippen LogP) is 16.6. The molecule has 0 saturated carbocycles. The van der Waals surface area contributed by atoms with Gasteiger partial charge in [0, 0.05) is 19.3 Å². The fraction of sp³-hybridized carbons (Fsp3) is 0.810. The maximum absolute atomic E-state index is 12.9. The normalized spacial score (nSPS) is 13.7. The Kier molecular flexibility index (Phi) is 50.8. The van der Waals surface area contributed by atoms with Gasteiger partial charge in [-0.1, -0.05) is 211 Å². The molecule has 0 radical (unpaired) electrons. The van der Waals surface area contributed by atoms with Crippen LogP contribution in [0.25, 0.3) is 0 Å². The average Bonchev–Trinajstić information content (AvgIpc) is 3.35. The molecule has 70 heavy (non-hydrogen) atoms. The zero-order valence-corrected chi connectivity index (χ0v) is 45.9. The van der Waals surface area contributed by atoms with E-state index in [-0.39, 0.29) is 25.9 Å². The van der Waals surface area contributed by atoms with E-state index in [1.54, 1.807) is 0 Å². The van der Waals surface area contributed by atoms with Crippen molar-refractivity contribution in [3.05, 3.63) is 48.6 Å². The van der Waals surface area contributed by atoms with Gasteiger partial charge in [-0.3, -0.25) is 23.4 Å². The molecular formula is C58H105O11P. The maximum atomic E-state index is 12.9. The van der Waals surface area contributed by atoms with Gasteiger partial charge >= 0.3 is 25.7 Å². The fourth-order valence-electron chi connectivity index (χ4n) is 7.83. The Morgan fingerprint density at radius 1 is 0.400 bits per heavy atom. The van der Waals surface area contributed by atoms with Crippen LogP contribution in [0.15, 0.2) is 48.6 Å². The van der Waals surface area contributed by atoms with Gasteiger partial charge in [0.15, 0.2) is 6.10 Å². The van der Waals surface area contributed by atoms with Gasteiger partial charge in [0.1, 0.15) is 12.7 Å². The molecule has 0 aliphatic heterocycles. The summed E-state index contributed by atoms with van der Waals surface area (Å²) in [5.41, 5.74) is 0. The molecular weight excluding hydrogens is 904 g/mol. The second-order valence-corrected chi connectivity index (χ2v) is 20.6. The SMILES string of the molecule is CCCCC/C=C\C/C=C\CCCCCCCC(=O)OC(CO)COP(=O)(O)OCC(COC(=O)CCCCCCCCCCCCCCC)OC(=O)CCCCCCC/C=C\C/C=C\CCCCC. The molecule has 0 aromatic heterocycles. The van der Waals surface area contributed by atoms with Crippen molar-refractivity contribution in [1.82, 2.24) is 0 Å². The number of esters is 3. The lowest BCUT2D eigenvalue weighted by Crippen LogP contribution is -2.30. The van der Waals surface area contributed by atoms with Gasteiger partial charge in [-0.2, -0.15) is 0 Å². The fourth-order valence-corrected chi connectivity index (χ4v) is 8.61. The molecule has 0 aliphatic carbocycles. The van der Waals surface area contributed by atoms with Gasteiger partial charge in [0.2, 0.25) is 0 Å². The third-order valence-electron chi connectivity index (χ3n) is 12.2. The molecule has 0 heterocycles. The number of unbranched alkanes of at least 4 members (excludes halogenated alkanes) is 28. The number of phosphoric ester groups is 1. The third-order valence-corrected chi connectivity index (χ3v) is 13.2. The molecule has 0 bridgehead atoms. The molecule has 2 N–H and O–H groups in total. The molecule has 11 nitrogen and oxygen atoms in total. The number of carbonyl (C=O) groups excluding carboxylic acids is 3. The van der Waals surface area contributed by atoms with Crippen LogP contribution < -0.4 is 0 Å². The van der Waals surface area contributed by atoms with Crippen LogP contribution in [0.1, 0.15) is 265 Å². The number of ether oxygens (including phenoxy) is 3. The molecule has 0 fully saturated rings. The van der Waals surface area contributed by atoms with Gasteiger partial charge in [0.05, 0.1) is 19.8 Å². The quantitative estimate of drug-likeness (QED) is 0.0197. The maximum Gasteiger partial charge on any atom is 0.472 e. The van der Waals surface area contributed by atoms with E-state index in [4.69, 9.17) is 23.3 Å². The van der Waals surface area contributed by atoms with Crippen LogP contribution in [-0.4, -0.2) is 66.5 Å². The standard InChI is InChI=1S/C58H105O11P/c1-4-7-10-13-16-19-22-25-27-30-33-36-39-42-45-48-57(61)68-54(50-59)52-66-70(63,64)67-53-55(51-65-56(60)47-44-41-38-35-32-29-24-21-18-15-12-9-6-3)69-58(62)49-46-43-40-37-34-31-28-26-23-20-17-14-11-8-5-2/h16-17,19-20,25-28,54-55,59H,4-15,18,21-24,29-53H2,1-3H3,(H,63,64)/b19-16-,20-17-,27-25-,28-26-. The minimum atomic E-state index is -4.75. The van der Waals surface area contributed by atoms with Crippen LogP contribution >= 0.6 is 7.82 Å². The lowest BCUT2D eigenvalue weighted by Gasteiger charge is -2.21. The third kappa shape index (κ3) is 50.4. The van der Waals surface area contributed by atoms with Gasteiger partial charge in [-0.05, 0) is 83.5 Å². The molecule has 12 heteroatoms. The van der Waals surface area contributed by atoms with Crippen molar-refractivity contribution in [3.63, 3.8) is 0 Å². The largest absolute Gasteiger partial charge is 0.472 e. The van der Waals surface area contributed by atoms with E-state index in [2.05, 4.69) is 69.4 Å². The van der Waals surface area contributed by atoms with E-state index in [1.165, 1.54) is 96.3 Å². The summed E-state index contributed by atoms with van der Waals surface area (Å²) >= 11 is 0. The Labute approximate surface area is 428 Å². The number of carbonyl (C=O) groups is 3. The second kappa shape index (κ2) is 52.8. The first-order valence-corrected chi connectivity index (χ1v) is 30.0. The Morgan fingerprint density at radius 2 is 0.700 bits per heavy atom. The van der Waals surface area contributed by atoms with Gasteiger partial charge in [0.25, 0.3) is 0 Å². The highest BCUT2D eigenvalue weighted by Crippen LogP contribution is 2.43. The minimum Gasteiger partial charge on any atom is -0.462 e.